The van der Waals surface area contributed by atoms with Crippen LogP contribution in [0.2, 0.25) is 0 Å². The van der Waals surface area contributed by atoms with Gasteiger partial charge in [0.2, 0.25) is 0 Å². The van der Waals surface area contributed by atoms with Crippen molar-refractivity contribution in [3.8, 4) is 11.5 Å². The fourth-order valence-corrected chi connectivity index (χ4v) is 2.66. The Hall–Kier alpha value is -3.45. The molecule has 3 aromatic rings. The van der Waals surface area contributed by atoms with Crippen molar-refractivity contribution in [2.24, 2.45) is 5.10 Å². The molecule has 140 valence electrons. The number of benzene rings is 3. The number of nitrogens with zero attached hydrogens (tertiary/aromatic N) is 1. The predicted octanol–water partition coefficient (Wildman–Crippen LogP) is 4.14. The number of phenolic OH excluding ortho intramolecular Hbond substituents is 1. The van der Waals surface area contributed by atoms with Gasteiger partial charge < -0.3 is 9.84 Å². The molecule has 0 aromatic heterocycles. The summed E-state index contributed by atoms with van der Waals surface area (Å²) in [6, 6.07) is 19.5. The predicted molar refractivity (Wildman–Crippen MR) is 109 cm³/mol. The van der Waals surface area contributed by atoms with Crippen molar-refractivity contribution in [1.29, 1.82) is 0 Å². The lowest BCUT2D eigenvalue weighted by molar-refractivity contribution is 0.0734. The molecule has 0 spiro atoms. The topological polar surface area (TPSA) is 88.0 Å². The lowest BCUT2D eigenvalue weighted by Crippen LogP contribution is -2.17. The number of ether oxygens (including phenoxy) is 1. The lowest BCUT2D eigenvalue weighted by atomic mass is 10.2. The van der Waals surface area contributed by atoms with Crippen LogP contribution in [0.4, 0.5) is 0 Å². The van der Waals surface area contributed by atoms with Gasteiger partial charge in [0.05, 0.1) is 11.8 Å². The summed E-state index contributed by atoms with van der Waals surface area (Å²) in [5, 5.41) is 13.2. The molecule has 0 saturated heterocycles. The molecule has 0 radical (unpaired) electrons. The maximum atomic E-state index is 12.3. The van der Waals surface area contributed by atoms with Gasteiger partial charge in [-0.1, -0.05) is 34.1 Å². The number of hydrazone groups is 1. The summed E-state index contributed by atoms with van der Waals surface area (Å²) in [6.07, 6.45) is 1.39. The molecule has 0 unspecified atom stereocenters. The van der Waals surface area contributed by atoms with Gasteiger partial charge in [-0.05, 0) is 54.6 Å². The number of amides is 1. The van der Waals surface area contributed by atoms with Gasteiger partial charge in [0.15, 0.2) is 0 Å². The van der Waals surface area contributed by atoms with E-state index in [9.17, 15) is 14.7 Å². The first-order valence-electron chi connectivity index (χ1n) is 8.22. The molecular formula is C21H15BrN2O4. The highest BCUT2D eigenvalue weighted by Crippen LogP contribution is 2.23. The molecule has 0 heterocycles. The van der Waals surface area contributed by atoms with Crippen LogP contribution in [-0.4, -0.2) is 23.2 Å². The number of phenols is 1. The Kier molecular flexibility index (Phi) is 6.18. The van der Waals surface area contributed by atoms with Crippen LogP contribution < -0.4 is 10.2 Å². The molecule has 7 heteroatoms. The molecule has 3 aromatic carbocycles. The van der Waals surface area contributed by atoms with E-state index >= 15 is 0 Å². The summed E-state index contributed by atoms with van der Waals surface area (Å²) in [5.41, 5.74) is 3.67. The quantitative estimate of drug-likeness (QED) is 0.271. The van der Waals surface area contributed by atoms with Crippen LogP contribution in [-0.2, 0) is 0 Å². The average Bonchev–Trinajstić information content (AvgIpc) is 2.71. The summed E-state index contributed by atoms with van der Waals surface area (Å²) in [6.45, 7) is 0. The van der Waals surface area contributed by atoms with E-state index in [0.717, 1.165) is 4.47 Å². The Bertz CT molecular complexity index is 1020. The summed E-state index contributed by atoms with van der Waals surface area (Å²) in [4.78, 5) is 24.3. The van der Waals surface area contributed by atoms with E-state index in [-0.39, 0.29) is 5.75 Å². The maximum Gasteiger partial charge on any atom is 0.343 e. The van der Waals surface area contributed by atoms with E-state index in [4.69, 9.17) is 4.74 Å². The minimum absolute atomic E-state index is 0.0686. The van der Waals surface area contributed by atoms with Crippen LogP contribution in [0.25, 0.3) is 0 Å². The highest BCUT2D eigenvalue weighted by atomic mass is 79.9. The largest absolute Gasteiger partial charge is 0.508 e. The average molecular weight is 439 g/mol. The molecule has 6 nitrogen and oxygen atoms in total. The standard InChI is InChI=1S/C21H15BrN2O4/c22-17-8-11-19(28-21(27)15-4-2-1-3-5-15)16(12-17)13-23-24-20(26)14-6-9-18(25)10-7-14/h1-13,25H,(H,24,26). The van der Waals surface area contributed by atoms with Crippen LogP contribution in [0.15, 0.2) is 82.4 Å². The third kappa shape index (κ3) is 5.05. The van der Waals surface area contributed by atoms with E-state index in [1.807, 2.05) is 6.07 Å². The molecule has 28 heavy (non-hydrogen) atoms. The van der Waals surface area contributed by atoms with E-state index < -0.39 is 11.9 Å². The molecule has 0 saturated carbocycles. The van der Waals surface area contributed by atoms with Crippen molar-refractivity contribution in [2.45, 2.75) is 0 Å². The molecule has 2 N–H and O–H groups in total. The van der Waals surface area contributed by atoms with Crippen molar-refractivity contribution in [3.63, 3.8) is 0 Å². The van der Waals surface area contributed by atoms with E-state index in [0.29, 0.717) is 22.4 Å². The fraction of sp³-hybridized carbons (Fsp3) is 0. The van der Waals surface area contributed by atoms with Crippen LogP contribution in [0, 0.1) is 0 Å². The number of hydrogen-bond acceptors (Lipinski definition) is 5. The summed E-state index contributed by atoms with van der Waals surface area (Å²) in [7, 11) is 0. The first-order valence-corrected chi connectivity index (χ1v) is 9.01. The van der Waals surface area contributed by atoms with Gasteiger partial charge >= 0.3 is 5.97 Å². The van der Waals surface area contributed by atoms with Crippen LogP contribution >= 0.6 is 15.9 Å². The molecule has 0 fully saturated rings. The summed E-state index contributed by atoms with van der Waals surface area (Å²) in [5.74, 6) is -0.557. The molecular weight excluding hydrogens is 424 g/mol. The first kappa shape index (κ1) is 19.3. The van der Waals surface area contributed by atoms with Crippen molar-refractivity contribution < 1.29 is 19.4 Å². The zero-order chi connectivity index (χ0) is 19.9. The van der Waals surface area contributed by atoms with Gasteiger partial charge in [0.25, 0.3) is 5.91 Å². The van der Waals surface area contributed by atoms with Crippen LogP contribution in [0.3, 0.4) is 0 Å². The van der Waals surface area contributed by atoms with Crippen molar-refractivity contribution >= 4 is 34.0 Å². The third-order valence-electron chi connectivity index (χ3n) is 3.68. The smallest absolute Gasteiger partial charge is 0.343 e. The Morgan fingerprint density at radius 2 is 1.68 bits per heavy atom. The summed E-state index contributed by atoms with van der Waals surface area (Å²) >= 11 is 3.36. The number of carbonyl (C=O) groups is 2. The molecule has 3 rings (SSSR count). The van der Waals surface area contributed by atoms with Gasteiger partial charge in [0, 0.05) is 15.6 Å². The number of carbonyl (C=O) groups excluding carboxylic acids is 2. The maximum absolute atomic E-state index is 12.3. The second-order valence-corrected chi connectivity index (χ2v) is 6.60. The number of nitrogens with one attached hydrogen (secondary N) is 1. The van der Waals surface area contributed by atoms with Crippen molar-refractivity contribution in [1.82, 2.24) is 5.43 Å². The van der Waals surface area contributed by atoms with E-state index in [2.05, 4.69) is 26.5 Å². The first-order chi connectivity index (χ1) is 13.5. The van der Waals surface area contributed by atoms with E-state index in [1.165, 1.54) is 30.5 Å². The van der Waals surface area contributed by atoms with E-state index in [1.54, 1.807) is 42.5 Å². The monoisotopic (exact) mass is 438 g/mol. The van der Waals surface area contributed by atoms with Gasteiger partial charge in [-0.2, -0.15) is 5.10 Å². The molecule has 0 aliphatic heterocycles. The number of halogens is 1. The Morgan fingerprint density at radius 3 is 2.39 bits per heavy atom. The van der Waals surface area contributed by atoms with Gasteiger partial charge in [-0.3, -0.25) is 4.79 Å². The second-order valence-electron chi connectivity index (χ2n) is 5.68. The molecule has 0 bridgehead atoms. The Morgan fingerprint density at radius 1 is 0.964 bits per heavy atom. The Balaban J connectivity index is 1.73. The number of hydrogen-bond donors (Lipinski definition) is 2. The Labute approximate surface area is 169 Å². The van der Waals surface area contributed by atoms with Gasteiger partial charge in [-0.25, -0.2) is 10.2 Å². The van der Waals surface area contributed by atoms with Crippen LogP contribution in [0.1, 0.15) is 26.3 Å². The highest BCUT2D eigenvalue weighted by Gasteiger charge is 2.11. The molecule has 0 aliphatic carbocycles. The zero-order valence-electron chi connectivity index (χ0n) is 14.5. The molecule has 0 atom stereocenters. The third-order valence-corrected chi connectivity index (χ3v) is 4.18. The minimum Gasteiger partial charge on any atom is -0.508 e. The van der Waals surface area contributed by atoms with Gasteiger partial charge in [-0.15, -0.1) is 0 Å². The van der Waals surface area contributed by atoms with Crippen molar-refractivity contribution in [3.05, 3.63) is 94.0 Å². The minimum atomic E-state index is -0.495. The normalized spacial score (nSPS) is 10.6. The molecule has 0 aliphatic rings. The lowest BCUT2D eigenvalue weighted by Gasteiger charge is -2.08. The summed E-state index contributed by atoms with van der Waals surface area (Å²) < 4.78 is 6.21. The van der Waals surface area contributed by atoms with Gasteiger partial charge in [0.1, 0.15) is 11.5 Å². The number of esters is 1. The fourth-order valence-electron chi connectivity index (χ4n) is 2.28. The zero-order valence-corrected chi connectivity index (χ0v) is 16.1. The SMILES string of the molecule is O=C(NN=Cc1cc(Br)ccc1OC(=O)c1ccccc1)c1ccc(O)cc1. The van der Waals surface area contributed by atoms with Crippen molar-refractivity contribution in [2.75, 3.05) is 0 Å². The highest BCUT2D eigenvalue weighted by molar-refractivity contribution is 9.10. The van der Waals surface area contributed by atoms with Crippen LogP contribution in [0.5, 0.6) is 11.5 Å². The molecule has 1 amide bonds. The number of aromatic hydroxyl groups is 1. The second kappa shape index (κ2) is 8.96. The number of rotatable bonds is 5.